The number of rotatable bonds is 37. The Kier molecular flexibility index (Phi) is 38.9. The Hall–Kier alpha value is -1.91. The van der Waals surface area contributed by atoms with Gasteiger partial charge in [0.2, 0.25) is 5.91 Å². The molecule has 284 valence electrons. The first-order valence-corrected chi connectivity index (χ1v) is 21.0. The van der Waals surface area contributed by atoms with Gasteiger partial charge in [-0.3, -0.25) is 4.79 Å². The monoisotopic (exact) mass is 684 g/mol. The Morgan fingerprint density at radius 1 is 0.510 bits per heavy atom. The van der Waals surface area contributed by atoms with Gasteiger partial charge in [-0.2, -0.15) is 0 Å². The molecule has 0 aliphatic carbocycles. The molecule has 0 aliphatic rings. The quantitative estimate of drug-likeness (QED) is 0.0451. The van der Waals surface area contributed by atoms with E-state index in [0.717, 1.165) is 51.4 Å². The largest absolute Gasteiger partial charge is 0.394 e. The first-order valence-electron chi connectivity index (χ1n) is 21.0. The fraction of sp³-hybridized carbons (Fsp3) is 0.756. The highest BCUT2D eigenvalue weighted by atomic mass is 16.3. The van der Waals surface area contributed by atoms with Gasteiger partial charge in [0, 0.05) is 6.42 Å². The van der Waals surface area contributed by atoms with Crippen LogP contribution in [0.2, 0.25) is 0 Å². The molecule has 1 amide bonds. The summed E-state index contributed by atoms with van der Waals surface area (Å²) in [5, 5.41) is 22.8. The first kappa shape index (κ1) is 47.1. The highest BCUT2D eigenvalue weighted by Crippen LogP contribution is 2.15. The standard InChI is InChI=1S/C45H81NO3/c1-3-5-7-9-11-13-14-15-16-17-18-19-20-21-22-23-24-25-26-27-28-29-30-31-32-33-35-37-39-41-45(49)46-43(42-47)44(48)40-38-36-34-12-10-8-6-4-2/h5,7,11,13,15-16,18-19,38,40,43-44,47-48H,3-4,6,8-10,12,14,17,20-37,39,41-42H2,1-2H3,(H,46,49)/b7-5-,13-11-,16-15-,19-18-,40-38+. The second kappa shape index (κ2) is 40.5. The number of carbonyl (C=O) groups excluding carboxylic acids is 1. The van der Waals surface area contributed by atoms with E-state index in [0.29, 0.717) is 6.42 Å². The maximum atomic E-state index is 12.3. The van der Waals surface area contributed by atoms with Gasteiger partial charge in [-0.05, 0) is 57.8 Å². The molecule has 0 aliphatic heterocycles. The second-order valence-electron chi connectivity index (χ2n) is 14.0. The number of carbonyl (C=O) groups is 1. The lowest BCUT2D eigenvalue weighted by Gasteiger charge is -2.20. The summed E-state index contributed by atoms with van der Waals surface area (Å²) in [5.74, 6) is -0.0693. The molecule has 0 aromatic rings. The van der Waals surface area contributed by atoms with Crippen molar-refractivity contribution < 1.29 is 15.0 Å². The van der Waals surface area contributed by atoms with Crippen molar-refractivity contribution in [1.29, 1.82) is 0 Å². The van der Waals surface area contributed by atoms with E-state index in [2.05, 4.69) is 67.8 Å². The molecule has 2 unspecified atom stereocenters. The van der Waals surface area contributed by atoms with Gasteiger partial charge in [-0.1, -0.05) is 197 Å². The number of aliphatic hydroxyl groups is 2. The third-order valence-corrected chi connectivity index (χ3v) is 9.26. The van der Waals surface area contributed by atoms with Crippen molar-refractivity contribution in [3.05, 3.63) is 60.8 Å². The van der Waals surface area contributed by atoms with E-state index < -0.39 is 12.1 Å². The highest BCUT2D eigenvalue weighted by molar-refractivity contribution is 5.76. The zero-order valence-corrected chi connectivity index (χ0v) is 32.4. The van der Waals surface area contributed by atoms with E-state index >= 15 is 0 Å². The van der Waals surface area contributed by atoms with Crippen molar-refractivity contribution in [2.45, 2.75) is 212 Å². The minimum Gasteiger partial charge on any atom is -0.394 e. The van der Waals surface area contributed by atoms with Crippen LogP contribution in [0.3, 0.4) is 0 Å². The van der Waals surface area contributed by atoms with E-state index in [-0.39, 0.29) is 12.5 Å². The Labute approximate surface area is 305 Å². The second-order valence-corrected chi connectivity index (χ2v) is 14.0. The van der Waals surface area contributed by atoms with Crippen LogP contribution in [0.4, 0.5) is 0 Å². The Balaban J connectivity index is 3.47. The lowest BCUT2D eigenvalue weighted by Crippen LogP contribution is -2.45. The van der Waals surface area contributed by atoms with Gasteiger partial charge < -0.3 is 15.5 Å². The van der Waals surface area contributed by atoms with Crippen LogP contribution >= 0.6 is 0 Å². The Morgan fingerprint density at radius 2 is 0.898 bits per heavy atom. The van der Waals surface area contributed by atoms with Crippen molar-refractivity contribution in [2.75, 3.05) is 6.61 Å². The molecule has 0 rings (SSSR count). The number of hydrogen-bond donors (Lipinski definition) is 3. The van der Waals surface area contributed by atoms with E-state index in [1.54, 1.807) is 6.08 Å². The third kappa shape index (κ3) is 37.2. The lowest BCUT2D eigenvalue weighted by molar-refractivity contribution is -0.123. The summed E-state index contributed by atoms with van der Waals surface area (Å²) in [7, 11) is 0. The summed E-state index contributed by atoms with van der Waals surface area (Å²) < 4.78 is 0. The summed E-state index contributed by atoms with van der Waals surface area (Å²) in [6.07, 6.45) is 56.3. The SMILES string of the molecule is CC/C=C\C/C=C\C/C=C\C/C=C\CCCCCCCCCCCCCCCCCCC(=O)NC(CO)C(O)/C=C/CCCCCCCC. The number of nitrogens with one attached hydrogen (secondary N) is 1. The average molecular weight is 684 g/mol. The topological polar surface area (TPSA) is 69.6 Å². The van der Waals surface area contributed by atoms with Crippen LogP contribution in [-0.2, 0) is 4.79 Å². The van der Waals surface area contributed by atoms with Crippen LogP contribution in [0.15, 0.2) is 60.8 Å². The van der Waals surface area contributed by atoms with Gasteiger partial charge >= 0.3 is 0 Å². The van der Waals surface area contributed by atoms with E-state index in [1.807, 2.05) is 6.08 Å². The van der Waals surface area contributed by atoms with Gasteiger partial charge in [-0.15, -0.1) is 0 Å². The number of aliphatic hydroxyl groups excluding tert-OH is 2. The number of amides is 1. The molecule has 4 nitrogen and oxygen atoms in total. The van der Waals surface area contributed by atoms with Crippen LogP contribution in [0.1, 0.15) is 200 Å². The van der Waals surface area contributed by atoms with Crippen molar-refractivity contribution in [3.8, 4) is 0 Å². The van der Waals surface area contributed by atoms with Crippen LogP contribution in [0.25, 0.3) is 0 Å². The van der Waals surface area contributed by atoms with Crippen molar-refractivity contribution in [1.82, 2.24) is 5.32 Å². The van der Waals surface area contributed by atoms with Crippen molar-refractivity contribution in [3.63, 3.8) is 0 Å². The smallest absolute Gasteiger partial charge is 0.220 e. The molecule has 49 heavy (non-hydrogen) atoms. The predicted molar refractivity (Wildman–Crippen MR) is 216 cm³/mol. The van der Waals surface area contributed by atoms with E-state index in [4.69, 9.17) is 0 Å². The molecule has 0 fully saturated rings. The highest BCUT2D eigenvalue weighted by Gasteiger charge is 2.17. The van der Waals surface area contributed by atoms with Crippen LogP contribution in [0, 0.1) is 0 Å². The number of unbranched alkanes of at least 4 members (excludes halogenated alkanes) is 22. The van der Waals surface area contributed by atoms with Crippen LogP contribution in [0.5, 0.6) is 0 Å². The number of hydrogen-bond acceptors (Lipinski definition) is 3. The number of allylic oxidation sites excluding steroid dienone is 9. The van der Waals surface area contributed by atoms with Gasteiger partial charge in [0.05, 0.1) is 18.8 Å². The average Bonchev–Trinajstić information content (AvgIpc) is 3.10. The van der Waals surface area contributed by atoms with Crippen molar-refractivity contribution >= 4 is 5.91 Å². The van der Waals surface area contributed by atoms with Gasteiger partial charge in [-0.25, -0.2) is 0 Å². The van der Waals surface area contributed by atoms with Crippen LogP contribution in [-0.4, -0.2) is 34.9 Å². The Morgan fingerprint density at radius 3 is 1.35 bits per heavy atom. The normalized spacial score (nSPS) is 13.6. The molecule has 2 atom stereocenters. The molecule has 4 heteroatoms. The van der Waals surface area contributed by atoms with Crippen LogP contribution < -0.4 is 5.32 Å². The molecule has 0 saturated carbocycles. The summed E-state index contributed by atoms with van der Waals surface area (Å²) >= 11 is 0. The molecule has 0 radical (unpaired) electrons. The molecule has 0 spiro atoms. The third-order valence-electron chi connectivity index (χ3n) is 9.26. The summed E-state index contributed by atoms with van der Waals surface area (Å²) in [5.41, 5.74) is 0. The maximum Gasteiger partial charge on any atom is 0.220 e. The summed E-state index contributed by atoms with van der Waals surface area (Å²) in [6.45, 7) is 4.15. The molecule has 0 aromatic carbocycles. The summed E-state index contributed by atoms with van der Waals surface area (Å²) in [4.78, 5) is 12.3. The zero-order valence-electron chi connectivity index (χ0n) is 32.4. The maximum absolute atomic E-state index is 12.3. The molecule has 0 saturated heterocycles. The molecular formula is C45H81NO3. The molecule has 3 N–H and O–H groups in total. The van der Waals surface area contributed by atoms with E-state index in [1.165, 1.54) is 128 Å². The minimum atomic E-state index is -0.836. The fourth-order valence-corrected chi connectivity index (χ4v) is 6.05. The zero-order chi connectivity index (χ0) is 35.7. The summed E-state index contributed by atoms with van der Waals surface area (Å²) in [6, 6.07) is -0.620. The Bertz CT molecular complexity index is 827. The van der Waals surface area contributed by atoms with Gasteiger partial charge in [0.25, 0.3) is 0 Å². The molecular weight excluding hydrogens is 602 g/mol. The predicted octanol–water partition coefficient (Wildman–Crippen LogP) is 13.0. The fourth-order valence-electron chi connectivity index (χ4n) is 6.05. The van der Waals surface area contributed by atoms with Gasteiger partial charge in [0.1, 0.15) is 0 Å². The van der Waals surface area contributed by atoms with Gasteiger partial charge in [0.15, 0.2) is 0 Å². The molecule has 0 bridgehead atoms. The van der Waals surface area contributed by atoms with Crippen molar-refractivity contribution in [2.24, 2.45) is 0 Å². The lowest BCUT2D eigenvalue weighted by atomic mass is 10.0. The first-order chi connectivity index (χ1) is 24.2. The molecule has 0 aromatic heterocycles. The minimum absolute atomic E-state index is 0.0693. The van der Waals surface area contributed by atoms with E-state index in [9.17, 15) is 15.0 Å². The molecule has 0 heterocycles.